The minimum Gasteiger partial charge on any atom is -0.368 e. The molecule has 2 aromatic rings. The molecule has 0 unspecified atom stereocenters. The molecule has 1 saturated carbocycles. The summed E-state index contributed by atoms with van der Waals surface area (Å²) in [6.07, 6.45) is 4.26. The summed E-state index contributed by atoms with van der Waals surface area (Å²) in [5, 5.41) is 2.95. The second kappa shape index (κ2) is 4.28. The zero-order valence-corrected chi connectivity index (χ0v) is 11.7. The number of H-pyrrole nitrogens is 1. The van der Waals surface area contributed by atoms with Crippen molar-refractivity contribution in [2.75, 3.05) is 12.4 Å². The Bertz CT molecular complexity index is 666. The predicted molar refractivity (Wildman–Crippen MR) is 71.4 cm³/mol. The van der Waals surface area contributed by atoms with E-state index in [1.807, 2.05) is 0 Å². The Kier molecular flexibility index (Phi) is 2.83. The molecule has 0 spiro atoms. The average Bonchev–Trinajstić information content (AvgIpc) is 3.11. The molecule has 100 valence electrons. The maximum Gasteiger partial charge on any atom is 0.256 e. The SMILES string of the molecule is COC1(C(=O)Nc2c[nH]c3ncc(Br)c(F)c23)CC1. The van der Waals surface area contributed by atoms with E-state index in [1.54, 1.807) is 0 Å². The van der Waals surface area contributed by atoms with Crippen molar-refractivity contribution in [2.24, 2.45) is 0 Å². The molecule has 5 nitrogen and oxygen atoms in total. The van der Waals surface area contributed by atoms with E-state index in [4.69, 9.17) is 4.74 Å². The van der Waals surface area contributed by atoms with Crippen molar-refractivity contribution in [3.05, 3.63) is 22.7 Å². The fourth-order valence-electron chi connectivity index (χ4n) is 2.01. The number of nitrogens with zero attached hydrogens (tertiary/aromatic N) is 1. The highest BCUT2D eigenvalue weighted by atomic mass is 79.9. The molecule has 2 N–H and O–H groups in total. The first kappa shape index (κ1) is 12.6. The van der Waals surface area contributed by atoms with Gasteiger partial charge in [-0.2, -0.15) is 0 Å². The number of fused-ring (bicyclic) bond motifs is 1. The number of carbonyl (C=O) groups is 1. The van der Waals surface area contributed by atoms with Crippen LogP contribution in [0.5, 0.6) is 0 Å². The summed E-state index contributed by atoms with van der Waals surface area (Å²) in [4.78, 5) is 18.9. The van der Waals surface area contributed by atoms with Gasteiger partial charge in [0.2, 0.25) is 0 Å². The number of hydrogen-bond donors (Lipinski definition) is 2. The maximum absolute atomic E-state index is 14.0. The topological polar surface area (TPSA) is 67.0 Å². The molecule has 3 rings (SSSR count). The summed E-state index contributed by atoms with van der Waals surface area (Å²) in [6.45, 7) is 0. The van der Waals surface area contributed by atoms with Gasteiger partial charge in [0, 0.05) is 19.5 Å². The number of methoxy groups -OCH3 is 1. The van der Waals surface area contributed by atoms with Crippen molar-refractivity contribution in [1.82, 2.24) is 9.97 Å². The Hall–Kier alpha value is -1.47. The zero-order valence-electron chi connectivity index (χ0n) is 10.1. The van der Waals surface area contributed by atoms with Crippen LogP contribution in [0.4, 0.5) is 10.1 Å². The van der Waals surface area contributed by atoms with Crippen molar-refractivity contribution in [3.63, 3.8) is 0 Å². The molecule has 0 bridgehead atoms. The quantitative estimate of drug-likeness (QED) is 0.910. The highest BCUT2D eigenvalue weighted by Gasteiger charge is 2.50. The van der Waals surface area contributed by atoms with E-state index >= 15 is 0 Å². The van der Waals surface area contributed by atoms with Crippen LogP contribution < -0.4 is 5.32 Å². The average molecular weight is 328 g/mol. The number of amides is 1. The van der Waals surface area contributed by atoms with E-state index < -0.39 is 11.4 Å². The largest absolute Gasteiger partial charge is 0.368 e. The van der Waals surface area contributed by atoms with Gasteiger partial charge in [-0.15, -0.1) is 0 Å². The molecule has 0 saturated heterocycles. The second-order valence-electron chi connectivity index (χ2n) is 4.50. The maximum atomic E-state index is 14.0. The summed E-state index contributed by atoms with van der Waals surface area (Å²) >= 11 is 3.08. The molecule has 0 aliphatic heterocycles. The molecule has 2 heterocycles. The van der Waals surface area contributed by atoms with Crippen LogP contribution in [0.3, 0.4) is 0 Å². The number of ether oxygens (including phenoxy) is 1. The monoisotopic (exact) mass is 327 g/mol. The lowest BCUT2D eigenvalue weighted by molar-refractivity contribution is -0.128. The lowest BCUT2D eigenvalue weighted by Gasteiger charge is -2.12. The molecule has 0 aromatic carbocycles. The summed E-state index contributed by atoms with van der Waals surface area (Å²) in [5.41, 5.74) is 0.00682. The van der Waals surface area contributed by atoms with E-state index in [2.05, 4.69) is 31.2 Å². The molecule has 2 aromatic heterocycles. The van der Waals surface area contributed by atoms with Crippen molar-refractivity contribution >= 4 is 38.6 Å². The van der Waals surface area contributed by atoms with Crippen LogP contribution in [-0.2, 0) is 9.53 Å². The summed E-state index contributed by atoms with van der Waals surface area (Å²) < 4.78 is 19.5. The molecule has 1 aliphatic rings. The van der Waals surface area contributed by atoms with E-state index in [9.17, 15) is 9.18 Å². The molecular weight excluding hydrogens is 317 g/mol. The Morgan fingerprint density at radius 3 is 3.00 bits per heavy atom. The normalized spacial score (nSPS) is 16.6. The van der Waals surface area contributed by atoms with E-state index in [1.165, 1.54) is 19.5 Å². The van der Waals surface area contributed by atoms with Crippen LogP contribution in [0.2, 0.25) is 0 Å². The molecule has 1 fully saturated rings. The Morgan fingerprint density at radius 1 is 1.63 bits per heavy atom. The summed E-state index contributed by atoms with van der Waals surface area (Å²) in [5.74, 6) is -0.709. The first-order chi connectivity index (χ1) is 9.07. The number of hydrogen-bond acceptors (Lipinski definition) is 3. The predicted octanol–water partition coefficient (Wildman–Crippen LogP) is 2.58. The van der Waals surface area contributed by atoms with Gasteiger partial charge < -0.3 is 15.0 Å². The first-order valence-corrected chi connectivity index (χ1v) is 6.54. The fourth-order valence-corrected chi connectivity index (χ4v) is 2.31. The Morgan fingerprint density at radius 2 is 2.37 bits per heavy atom. The van der Waals surface area contributed by atoms with Gasteiger partial charge in [-0.05, 0) is 28.8 Å². The number of anilines is 1. The highest BCUT2D eigenvalue weighted by molar-refractivity contribution is 9.10. The van der Waals surface area contributed by atoms with Crippen LogP contribution >= 0.6 is 15.9 Å². The van der Waals surface area contributed by atoms with Crippen molar-refractivity contribution in [3.8, 4) is 0 Å². The number of pyridine rings is 1. The van der Waals surface area contributed by atoms with Crippen LogP contribution in [0.25, 0.3) is 11.0 Å². The third kappa shape index (κ3) is 1.93. The zero-order chi connectivity index (χ0) is 13.6. The molecule has 1 aliphatic carbocycles. The number of nitrogens with one attached hydrogen (secondary N) is 2. The van der Waals surface area contributed by atoms with Gasteiger partial charge in [-0.25, -0.2) is 9.37 Å². The summed E-state index contributed by atoms with van der Waals surface area (Å²) in [7, 11) is 1.50. The summed E-state index contributed by atoms with van der Waals surface area (Å²) in [6, 6.07) is 0. The minimum absolute atomic E-state index is 0.253. The Labute approximate surface area is 116 Å². The van der Waals surface area contributed by atoms with E-state index in [0.29, 0.717) is 24.2 Å². The van der Waals surface area contributed by atoms with Gasteiger partial charge in [-0.3, -0.25) is 4.79 Å². The molecule has 19 heavy (non-hydrogen) atoms. The highest BCUT2D eigenvalue weighted by Crippen LogP contribution is 2.40. The van der Waals surface area contributed by atoms with Crippen LogP contribution in [0, 0.1) is 5.82 Å². The molecule has 1 amide bonds. The molecule has 0 atom stereocenters. The molecule has 0 radical (unpaired) electrons. The number of halogens is 2. The fraction of sp³-hybridized carbons (Fsp3) is 0.333. The van der Waals surface area contributed by atoms with Crippen molar-refractivity contribution < 1.29 is 13.9 Å². The lowest BCUT2D eigenvalue weighted by Crippen LogP contribution is -2.31. The van der Waals surface area contributed by atoms with Gasteiger partial charge >= 0.3 is 0 Å². The van der Waals surface area contributed by atoms with Gasteiger partial charge in [0.1, 0.15) is 11.2 Å². The van der Waals surface area contributed by atoms with Gasteiger partial charge in [0.15, 0.2) is 5.82 Å². The Balaban J connectivity index is 1.98. The number of rotatable bonds is 3. The number of aromatic amines is 1. The van der Waals surface area contributed by atoms with E-state index in [-0.39, 0.29) is 15.8 Å². The number of carbonyl (C=O) groups excluding carboxylic acids is 1. The standard InChI is InChI=1S/C12H11BrFN3O2/c1-19-12(2-3-12)11(18)17-7-5-16-10-8(7)9(14)6(13)4-15-10/h4-5H,2-3H2,1H3,(H,15,16)(H,17,18). The molecule has 7 heteroatoms. The van der Waals surface area contributed by atoms with Gasteiger partial charge in [0.05, 0.1) is 15.5 Å². The van der Waals surface area contributed by atoms with Crippen LogP contribution in [-0.4, -0.2) is 28.6 Å². The van der Waals surface area contributed by atoms with Gasteiger partial charge in [-0.1, -0.05) is 0 Å². The lowest BCUT2D eigenvalue weighted by atomic mass is 10.2. The van der Waals surface area contributed by atoms with Crippen LogP contribution in [0.15, 0.2) is 16.9 Å². The second-order valence-corrected chi connectivity index (χ2v) is 5.35. The van der Waals surface area contributed by atoms with E-state index in [0.717, 1.165) is 0 Å². The van der Waals surface area contributed by atoms with Crippen molar-refractivity contribution in [1.29, 1.82) is 0 Å². The third-order valence-electron chi connectivity index (χ3n) is 3.35. The number of aromatic nitrogens is 2. The first-order valence-electron chi connectivity index (χ1n) is 5.75. The van der Waals surface area contributed by atoms with Gasteiger partial charge in [0.25, 0.3) is 5.91 Å². The van der Waals surface area contributed by atoms with Crippen molar-refractivity contribution in [2.45, 2.75) is 18.4 Å². The smallest absolute Gasteiger partial charge is 0.256 e. The molecular formula is C12H11BrFN3O2. The van der Waals surface area contributed by atoms with Crippen LogP contribution in [0.1, 0.15) is 12.8 Å². The minimum atomic E-state index is -0.750. The third-order valence-corrected chi connectivity index (χ3v) is 3.91.